The Morgan fingerprint density at radius 3 is 2.25 bits per heavy atom. The van der Waals surface area contributed by atoms with Crippen LogP contribution in [0.4, 0.5) is 13.2 Å². The smallest absolute Gasteiger partial charge is 0.416 e. The second-order valence-electron chi connectivity index (χ2n) is 5.06. The van der Waals surface area contributed by atoms with Crippen molar-refractivity contribution in [3.8, 4) is 5.75 Å². The number of hydrogen-bond donors (Lipinski definition) is 0. The highest BCUT2D eigenvalue weighted by Crippen LogP contribution is 2.34. The SMILES string of the molecule is FC(F)(F)c1ccc(OCC2(CBr)CCOCC2)cc1. The third kappa shape index (κ3) is 3.88. The van der Waals surface area contributed by atoms with Gasteiger partial charge < -0.3 is 9.47 Å². The van der Waals surface area contributed by atoms with Crippen LogP contribution in [0.25, 0.3) is 0 Å². The molecule has 1 saturated heterocycles. The first-order valence-corrected chi connectivity index (χ1v) is 7.51. The first-order chi connectivity index (χ1) is 9.45. The molecule has 0 atom stereocenters. The summed E-state index contributed by atoms with van der Waals surface area (Å²) in [4.78, 5) is 0. The van der Waals surface area contributed by atoms with E-state index in [-0.39, 0.29) is 5.41 Å². The van der Waals surface area contributed by atoms with Gasteiger partial charge in [0.2, 0.25) is 0 Å². The van der Waals surface area contributed by atoms with E-state index in [1.165, 1.54) is 12.1 Å². The van der Waals surface area contributed by atoms with E-state index in [0.29, 0.717) is 25.6 Å². The Labute approximate surface area is 124 Å². The molecule has 0 unspecified atom stereocenters. The fourth-order valence-electron chi connectivity index (χ4n) is 2.10. The summed E-state index contributed by atoms with van der Waals surface area (Å²) in [5, 5.41) is 0.796. The van der Waals surface area contributed by atoms with E-state index in [4.69, 9.17) is 9.47 Å². The summed E-state index contributed by atoms with van der Waals surface area (Å²) in [5.74, 6) is 0.463. The second-order valence-corrected chi connectivity index (χ2v) is 5.62. The number of benzene rings is 1. The molecule has 20 heavy (non-hydrogen) atoms. The van der Waals surface area contributed by atoms with Gasteiger partial charge in [-0.1, -0.05) is 15.9 Å². The van der Waals surface area contributed by atoms with Crippen LogP contribution in [0, 0.1) is 5.41 Å². The summed E-state index contributed by atoms with van der Waals surface area (Å²) < 4.78 is 48.3. The van der Waals surface area contributed by atoms with Gasteiger partial charge in [-0.3, -0.25) is 0 Å². The Balaban J connectivity index is 1.96. The van der Waals surface area contributed by atoms with Crippen LogP contribution in [-0.2, 0) is 10.9 Å². The second kappa shape index (κ2) is 6.35. The first kappa shape index (κ1) is 15.6. The van der Waals surface area contributed by atoms with Crippen LogP contribution in [0.3, 0.4) is 0 Å². The van der Waals surface area contributed by atoms with Gasteiger partial charge in [-0.15, -0.1) is 0 Å². The summed E-state index contributed by atoms with van der Waals surface area (Å²) >= 11 is 3.50. The Hall–Kier alpha value is -0.750. The van der Waals surface area contributed by atoms with Crippen LogP contribution >= 0.6 is 15.9 Å². The van der Waals surface area contributed by atoms with Crippen molar-refractivity contribution in [2.75, 3.05) is 25.2 Å². The van der Waals surface area contributed by atoms with Gasteiger partial charge >= 0.3 is 6.18 Å². The van der Waals surface area contributed by atoms with Crippen LogP contribution in [0.2, 0.25) is 0 Å². The van der Waals surface area contributed by atoms with E-state index >= 15 is 0 Å². The minimum Gasteiger partial charge on any atom is -0.493 e. The van der Waals surface area contributed by atoms with Gasteiger partial charge in [-0.25, -0.2) is 0 Å². The highest BCUT2D eigenvalue weighted by molar-refractivity contribution is 9.09. The molecule has 112 valence electrons. The first-order valence-electron chi connectivity index (χ1n) is 6.39. The summed E-state index contributed by atoms with van der Waals surface area (Å²) in [6.07, 6.45) is -2.53. The van der Waals surface area contributed by atoms with E-state index < -0.39 is 11.7 Å². The molecule has 1 aliphatic rings. The maximum absolute atomic E-state index is 12.5. The predicted molar refractivity (Wildman–Crippen MR) is 73.2 cm³/mol. The highest BCUT2D eigenvalue weighted by Gasteiger charge is 2.33. The fraction of sp³-hybridized carbons (Fsp3) is 0.571. The average Bonchev–Trinajstić information content (AvgIpc) is 2.46. The summed E-state index contributed by atoms with van der Waals surface area (Å²) in [6.45, 7) is 1.87. The zero-order valence-electron chi connectivity index (χ0n) is 10.9. The van der Waals surface area contributed by atoms with Crippen LogP contribution < -0.4 is 4.74 Å². The van der Waals surface area contributed by atoms with E-state index in [0.717, 1.165) is 30.3 Å². The molecule has 0 aromatic heterocycles. The quantitative estimate of drug-likeness (QED) is 0.753. The Bertz CT molecular complexity index is 425. The van der Waals surface area contributed by atoms with Gasteiger partial charge in [0, 0.05) is 24.0 Å². The molecule has 0 spiro atoms. The van der Waals surface area contributed by atoms with Crippen molar-refractivity contribution in [3.63, 3.8) is 0 Å². The van der Waals surface area contributed by atoms with Gasteiger partial charge in [0.25, 0.3) is 0 Å². The minimum atomic E-state index is -4.31. The van der Waals surface area contributed by atoms with Crippen molar-refractivity contribution in [2.45, 2.75) is 19.0 Å². The predicted octanol–water partition coefficient (Wildman–Crippen LogP) is 4.28. The lowest BCUT2D eigenvalue weighted by Gasteiger charge is -2.35. The molecular weight excluding hydrogens is 337 g/mol. The summed E-state index contributed by atoms with van der Waals surface area (Å²) in [7, 11) is 0. The maximum atomic E-state index is 12.5. The number of rotatable bonds is 4. The van der Waals surface area contributed by atoms with Crippen molar-refractivity contribution in [3.05, 3.63) is 29.8 Å². The molecule has 2 rings (SSSR count). The molecule has 2 nitrogen and oxygen atoms in total. The number of alkyl halides is 4. The summed E-state index contributed by atoms with van der Waals surface area (Å²) in [6, 6.07) is 4.81. The molecule has 0 aliphatic carbocycles. The zero-order valence-corrected chi connectivity index (χ0v) is 12.5. The zero-order chi connectivity index (χ0) is 14.6. The Morgan fingerprint density at radius 2 is 1.75 bits per heavy atom. The molecule has 0 N–H and O–H groups in total. The molecule has 1 heterocycles. The van der Waals surface area contributed by atoms with Gasteiger partial charge in [-0.2, -0.15) is 13.2 Å². The maximum Gasteiger partial charge on any atom is 0.416 e. The van der Waals surface area contributed by atoms with Gasteiger partial charge in [-0.05, 0) is 37.1 Å². The van der Waals surface area contributed by atoms with Crippen LogP contribution in [-0.4, -0.2) is 25.2 Å². The lowest BCUT2D eigenvalue weighted by atomic mass is 9.83. The van der Waals surface area contributed by atoms with Crippen LogP contribution in [0.5, 0.6) is 5.75 Å². The van der Waals surface area contributed by atoms with E-state index in [2.05, 4.69) is 15.9 Å². The Kier molecular flexibility index (Phi) is 4.96. The third-order valence-corrected chi connectivity index (χ3v) is 4.75. The van der Waals surface area contributed by atoms with Gasteiger partial charge in [0.1, 0.15) is 5.75 Å². The third-order valence-electron chi connectivity index (χ3n) is 3.56. The molecule has 1 fully saturated rings. The minimum absolute atomic E-state index is 0.000941. The molecule has 0 radical (unpaired) electrons. The van der Waals surface area contributed by atoms with Crippen LogP contribution in [0.1, 0.15) is 18.4 Å². The molecule has 1 aliphatic heterocycles. The molecular formula is C14H16BrF3O2. The normalized spacial score (nSPS) is 18.8. The molecule has 0 amide bonds. The fourth-order valence-corrected chi connectivity index (χ4v) is 2.82. The largest absolute Gasteiger partial charge is 0.493 e. The van der Waals surface area contributed by atoms with Crippen molar-refractivity contribution >= 4 is 15.9 Å². The lowest BCUT2D eigenvalue weighted by molar-refractivity contribution is -0.137. The van der Waals surface area contributed by atoms with Gasteiger partial charge in [0.15, 0.2) is 0 Å². The van der Waals surface area contributed by atoms with E-state index in [1.807, 2.05) is 0 Å². The molecule has 1 aromatic carbocycles. The molecule has 6 heteroatoms. The van der Waals surface area contributed by atoms with Gasteiger partial charge in [0.05, 0.1) is 12.2 Å². The lowest BCUT2D eigenvalue weighted by Crippen LogP contribution is -2.36. The van der Waals surface area contributed by atoms with Crippen LogP contribution in [0.15, 0.2) is 24.3 Å². The van der Waals surface area contributed by atoms with E-state index in [9.17, 15) is 13.2 Å². The van der Waals surface area contributed by atoms with E-state index in [1.54, 1.807) is 0 Å². The molecule has 0 saturated carbocycles. The topological polar surface area (TPSA) is 18.5 Å². The Morgan fingerprint density at radius 1 is 1.15 bits per heavy atom. The molecule has 0 bridgehead atoms. The standard InChI is InChI=1S/C14H16BrF3O2/c15-9-13(5-7-19-8-6-13)10-20-12-3-1-11(2-4-12)14(16,17)18/h1-4H,5-10H2. The summed E-state index contributed by atoms with van der Waals surface area (Å²) in [5.41, 5.74) is -0.660. The van der Waals surface area contributed by atoms with Crippen molar-refractivity contribution in [1.29, 1.82) is 0 Å². The monoisotopic (exact) mass is 352 g/mol. The number of halogens is 4. The number of hydrogen-bond acceptors (Lipinski definition) is 2. The van der Waals surface area contributed by atoms with Crippen molar-refractivity contribution in [2.24, 2.45) is 5.41 Å². The average molecular weight is 353 g/mol. The highest BCUT2D eigenvalue weighted by atomic mass is 79.9. The molecule has 1 aromatic rings. The van der Waals surface area contributed by atoms with Crippen molar-refractivity contribution < 1.29 is 22.6 Å². The number of ether oxygens (including phenoxy) is 2. The van der Waals surface area contributed by atoms with Crippen molar-refractivity contribution in [1.82, 2.24) is 0 Å².